The topological polar surface area (TPSA) is 90.6 Å². The normalized spacial score (nSPS) is 11.8. The molecule has 0 spiro atoms. The molecule has 0 bridgehead atoms. The SMILES string of the molecule is CS(=O)(=O)c1nccc(-n2ncc3cccnc32)n1. The lowest BCUT2D eigenvalue weighted by molar-refractivity contribution is 0.592. The van der Waals surface area contributed by atoms with Gasteiger partial charge in [0.25, 0.3) is 0 Å². The van der Waals surface area contributed by atoms with E-state index in [1.54, 1.807) is 24.5 Å². The molecule has 3 aromatic rings. The zero-order valence-corrected chi connectivity index (χ0v) is 10.7. The smallest absolute Gasteiger partial charge is 0.236 e. The summed E-state index contributed by atoms with van der Waals surface area (Å²) in [5.41, 5.74) is 0.612. The lowest BCUT2D eigenvalue weighted by Gasteiger charge is -2.02. The van der Waals surface area contributed by atoms with Crippen molar-refractivity contribution >= 4 is 20.9 Å². The van der Waals surface area contributed by atoms with Crippen LogP contribution in [0.25, 0.3) is 16.9 Å². The van der Waals surface area contributed by atoms with E-state index in [1.165, 1.54) is 10.9 Å². The molecule has 0 aliphatic heterocycles. The van der Waals surface area contributed by atoms with Crippen LogP contribution < -0.4 is 0 Å². The van der Waals surface area contributed by atoms with Gasteiger partial charge in [-0.2, -0.15) is 14.8 Å². The number of aromatic nitrogens is 5. The van der Waals surface area contributed by atoms with Gasteiger partial charge in [-0.3, -0.25) is 0 Å². The van der Waals surface area contributed by atoms with Gasteiger partial charge >= 0.3 is 0 Å². The molecule has 96 valence electrons. The summed E-state index contributed by atoms with van der Waals surface area (Å²) < 4.78 is 24.4. The van der Waals surface area contributed by atoms with E-state index in [0.717, 1.165) is 11.6 Å². The molecule has 3 aromatic heterocycles. The van der Waals surface area contributed by atoms with E-state index in [0.29, 0.717) is 11.5 Å². The molecule has 19 heavy (non-hydrogen) atoms. The zero-order valence-electron chi connectivity index (χ0n) is 9.92. The third kappa shape index (κ3) is 2.06. The molecule has 3 rings (SSSR count). The van der Waals surface area contributed by atoms with Crippen LogP contribution in [0, 0.1) is 0 Å². The minimum absolute atomic E-state index is 0.232. The molecular formula is C11H9N5O2S. The van der Waals surface area contributed by atoms with Crippen molar-refractivity contribution in [2.24, 2.45) is 0 Å². The first-order valence-corrected chi connectivity index (χ1v) is 7.27. The van der Waals surface area contributed by atoms with Gasteiger partial charge in [-0.25, -0.2) is 18.4 Å². The molecule has 3 heterocycles. The maximum absolute atomic E-state index is 11.4. The van der Waals surface area contributed by atoms with Crippen molar-refractivity contribution < 1.29 is 8.42 Å². The number of rotatable bonds is 2. The number of hydrogen-bond donors (Lipinski definition) is 0. The average Bonchev–Trinajstić information content (AvgIpc) is 2.82. The minimum atomic E-state index is -3.45. The van der Waals surface area contributed by atoms with Gasteiger partial charge in [0, 0.05) is 30.1 Å². The Kier molecular flexibility index (Phi) is 2.53. The van der Waals surface area contributed by atoms with E-state index in [4.69, 9.17) is 0 Å². The van der Waals surface area contributed by atoms with Gasteiger partial charge in [0.2, 0.25) is 15.0 Å². The predicted octanol–water partition coefficient (Wildman–Crippen LogP) is 0.614. The van der Waals surface area contributed by atoms with Crippen LogP contribution in [0.1, 0.15) is 0 Å². The number of pyridine rings is 1. The van der Waals surface area contributed by atoms with Gasteiger partial charge in [0.1, 0.15) is 0 Å². The summed E-state index contributed by atoms with van der Waals surface area (Å²) in [6.45, 7) is 0. The van der Waals surface area contributed by atoms with Crippen molar-refractivity contribution in [3.63, 3.8) is 0 Å². The number of hydrogen-bond acceptors (Lipinski definition) is 6. The first-order valence-electron chi connectivity index (χ1n) is 5.38. The molecule has 0 radical (unpaired) electrons. The highest BCUT2D eigenvalue weighted by Crippen LogP contribution is 2.14. The number of sulfone groups is 1. The van der Waals surface area contributed by atoms with E-state index in [9.17, 15) is 8.42 Å². The summed E-state index contributed by atoms with van der Waals surface area (Å²) in [4.78, 5) is 11.9. The third-order valence-electron chi connectivity index (χ3n) is 2.50. The first-order chi connectivity index (χ1) is 9.05. The van der Waals surface area contributed by atoms with E-state index < -0.39 is 9.84 Å². The molecule has 0 aliphatic rings. The highest BCUT2D eigenvalue weighted by atomic mass is 32.2. The van der Waals surface area contributed by atoms with Crippen LogP contribution in [0.5, 0.6) is 0 Å². The second-order valence-electron chi connectivity index (χ2n) is 3.94. The molecule has 0 fully saturated rings. The number of nitrogens with zero attached hydrogens (tertiary/aromatic N) is 5. The average molecular weight is 275 g/mol. The Morgan fingerprint density at radius 3 is 2.79 bits per heavy atom. The Morgan fingerprint density at radius 1 is 1.16 bits per heavy atom. The molecule has 0 saturated heterocycles. The van der Waals surface area contributed by atoms with E-state index >= 15 is 0 Å². The quantitative estimate of drug-likeness (QED) is 0.636. The summed E-state index contributed by atoms with van der Waals surface area (Å²) in [5.74, 6) is 0.365. The van der Waals surface area contributed by atoms with E-state index in [-0.39, 0.29) is 5.16 Å². The maximum Gasteiger partial charge on any atom is 0.248 e. The molecule has 0 amide bonds. The van der Waals surface area contributed by atoms with Gasteiger partial charge in [0.15, 0.2) is 11.5 Å². The van der Waals surface area contributed by atoms with Crippen LogP contribution in [-0.4, -0.2) is 39.4 Å². The third-order valence-corrected chi connectivity index (χ3v) is 3.36. The lowest BCUT2D eigenvalue weighted by Crippen LogP contribution is -2.08. The van der Waals surface area contributed by atoms with E-state index in [2.05, 4.69) is 20.1 Å². The summed E-state index contributed by atoms with van der Waals surface area (Å²) in [6, 6.07) is 5.25. The Hall–Kier alpha value is -2.35. The van der Waals surface area contributed by atoms with Crippen LogP contribution in [-0.2, 0) is 9.84 Å². The first kappa shape index (κ1) is 11.7. The number of fused-ring (bicyclic) bond motifs is 1. The zero-order chi connectivity index (χ0) is 13.5. The fraction of sp³-hybridized carbons (Fsp3) is 0.0909. The molecule has 0 N–H and O–H groups in total. The van der Waals surface area contributed by atoms with Crippen LogP contribution >= 0.6 is 0 Å². The molecule has 0 aliphatic carbocycles. The van der Waals surface area contributed by atoms with Crippen molar-refractivity contribution in [3.8, 4) is 5.82 Å². The fourth-order valence-electron chi connectivity index (χ4n) is 1.66. The Bertz CT molecular complexity index is 856. The molecule has 0 aromatic carbocycles. The maximum atomic E-state index is 11.4. The predicted molar refractivity (Wildman–Crippen MR) is 67.6 cm³/mol. The van der Waals surface area contributed by atoms with Crippen molar-refractivity contribution in [3.05, 3.63) is 36.8 Å². The molecule has 0 saturated carbocycles. The molecule has 7 nitrogen and oxygen atoms in total. The second kappa shape index (κ2) is 4.09. The van der Waals surface area contributed by atoms with Crippen molar-refractivity contribution in [1.82, 2.24) is 24.7 Å². The van der Waals surface area contributed by atoms with E-state index in [1.807, 2.05) is 6.07 Å². The summed E-state index contributed by atoms with van der Waals surface area (Å²) in [7, 11) is -3.45. The molecule has 8 heteroatoms. The summed E-state index contributed by atoms with van der Waals surface area (Å²) >= 11 is 0. The lowest BCUT2D eigenvalue weighted by atomic mass is 10.4. The van der Waals surface area contributed by atoms with Crippen LogP contribution in [0.3, 0.4) is 0 Å². The monoisotopic (exact) mass is 275 g/mol. The van der Waals surface area contributed by atoms with Gasteiger partial charge in [0.05, 0.1) is 6.20 Å². The Balaban J connectivity index is 2.22. The highest BCUT2D eigenvalue weighted by Gasteiger charge is 2.13. The molecule has 0 atom stereocenters. The largest absolute Gasteiger partial charge is 0.248 e. The Morgan fingerprint density at radius 2 is 2.00 bits per heavy atom. The molecule has 0 unspecified atom stereocenters. The van der Waals surface area contributed by atoms with Crippen LogP contribution in [0.4, 0.5) is 0 Å². The standard InChI is InChI=1S/C11H9N5O2S/c1-19(17,18)11-13-6-4-9(15-11)16-10-8(7-14-16)3-2-5-12-10/h2-7H,1H3. The van der Waals surface area contributed by atoms with Crippen molar-refractivity contribution in [2.75, 3.05) is 6.26 Å². The highest BCUT2D eigenvalue weighted by molar-refractivity contribution is 7.90. The van der Waals surface area contributed by atoms with Gasteiger partial charge in [-0.1, -0.05) is 0 Å². The molecular weight excluding hydrogens is 266 g/mol. The summed E-state index contributed by atoms with van der Waals surface area (Å²) in [6.07, 6.45) is 5.73. The van der Waals surface area contributed by atoms with Crippen molar-refractivity contribution in [2.45, 2.75) is 5.16 Å². The van der Waals surface area contributed by atoms with Crippen LogP contribution in [0.2, 0.25) is 0 Å². The minimum Gasteiger partial charge on any atom is -0.236 e. The van der Waals surface area contributed by atoms with Gasteiger partial charge < -0.3 is 0 Å². The van der Waals surface area contributed by atoms with Gasteiger partial charge in [-0.05, 0) is 12.1 Å². The van der Waals surface area contributed by atoms with Crippen molar-refractivity contribution in [1.29, 1.82) is 0 Å². The fourth-order valence-corrected chi connectivity index (χ4v) is 2.17. The van der Waals surface area contributed by atoms with Gasteiger partial charge in [-0.15, -0.1) is 0 Å². The second-order valence-corrected chi connectivity index (χ2v) is 5.85. The van der Waals surface area contributed by atoms with Crippen LogP contribution in [0.15, 0.2) is 41.9 Å². The Labute approximate surface area is 108 Å². The summed E-state index contributed by atoms with van der Waals surface area (Å²) in [5, 5.41) is 4.78.